The lowest BCUT2D eigenvalue weighted by molar-refractivity contribution is -0.114. The molecular formula is C10H17NO3. The Morgan fingerprint density at radius 2 is 2.29 bits per heavy atom. The topological polar surface area (TPSA) is 64.8 Å². The third-order valence-electron chi connectivity index (χ3n) is 2.07. The summed E-state index contributed by atoms with van der Waals surface area (Å²) in [7, 11) is 0. The molecule has 1 fully saturated rings. The van der Waals surface area contributed by atoms with Gasteiger partial charge in [0, 0.05) is 12.2 Å². The number of hydrogen-bond acceptors (Lipinski definition) is 3. The predicted molar refractivity (Wildman–Crippen MR) is 52.7 cm³/mol. The van der Waals surface area contributed by atoms with Crippen LogP contribution in [-0.4, -0.2) is 31.8 Å². The Hall–Kier alpha value is -0.870. The number of carbonyl (C=O) groups excluding carboxylic acids is 1. The van der Waals surface area contributed by atoms with E-state index in [9.17, 15) is 4.79 Å². The van der Waals surface area contributed by atoms with Gasteiger partial charge in [0.1, 0.15) is 6.10 Å². The van der Waals surface area contributed by atoms with E-state index in [1.165, 1.54) is 0 Å². The van der Waals surface area contributed by atoms with E-state index in [-0.39, 0.29) is 0 Å². The standard InChI is InChI=1S/C10H17NO3/c1-8(10(11)12)4-2-3-5-13-6-9-7-14-9/h9H,1-7H2,(H2,11,12). The summed E-state index contributed by atoms with van der Waals surface area (Å²) in [6.07, 6.45) is 2.82. The highest BCUT2D eigenvalue weighted by Crippen LogP contribution is 2.09. The van der Waals surface area contributed by atoms with Crippen LogP contribution in [0.5, 0.6) is 0 Å². The molecule has 0 spiro atoms. The van der Waals surface area contributed by atoms with Gasteiger partial charge in [-0.15, -0.1) is 0 Å². The summed E-state index contributed by atoms with van der Waals surface area (Å²) < 4.78 is 10.3. The number of amides is 1. The van der Waals surface area contributed by atoms with Crippen LogP contribution in [0.3, 0.4) is 0 Å². The second-order valence-corrected chi connectivity index (χ2v) is 3.46. The van der Waals surface area contributed by atoms with E-state index in [1.54, 1.807) is 0 Å². The van der Waals surface area contributed by atoms with Gasteiger partial charge in [0.05, 0.1) is 13.2 Å². The molecule has 14 heavy (non-hydrogen) atoms. The van der Waals surface area contributed by atoms with E-state index in [0.717, 1.165) is 19.4 Å². The molecule has 1 aliphatic rings. The number of epoxide rings is 1. The fourth-order valence-corrected chi connectivity index (χ4v) is 1.04. The van der Waals surface area contributed by atoms with Crippen molar-refractivity contribution in [2.75, 3.05) is 19.8 Å². The second-order valence-electron chi connectivity index (χ2n) is 3.46. The first kappa shape index (κ1) is 11.2. The Morgan fingerprint density at radius 1 is 1.57 bits per heavy atom. The first-order valence-electron chi connectivity index (χ1n) is 4.87. The van der Waals surface area contributed by atoms with Crippen molar-refractivity contribution in [3.05, 3.63) is 12.2 Å². The van der Waals surface area contributed by atoms with Crippen LogP contribution in [-0.2, 0) is 14.3 Å². The molecule has 1 atom stereocenters. The minimum Gasteiger partial charge on any atom is -0.379 e. The number of nitrogens with two attached hydrogens (primary N) is 1. The third-order valence-corrected chi connectivity index (χ3v) is 2.07. The number of hydrogen-bond donors (Lipinski definition) is 1. The number of primary amides is 1. The Labute approximate surface area is 84.1 Å². The SMILES string of the molecule is C=C(CCCCOCC1CO1)C(N)=O. The van der Waals surface area contributed by atoms with Crippen LogP contribution in [0.15, 0.2) is 12.2 Å². The highest BCUT2D eigenvalue weighted by molar-refractivity contribution is 5.91. The number of unbranched alkanes of at least 4 members (excludes halogenated alkanes) is 1. The molecule has 2 N–H and O–H groups in total. The van der Waals surface area contributed by atoms with Gasteiger partial charge in [-0.25, -0.2) is 0 Å². The summed E-state index contributed by atoms with van der Waals surface area (Å²) in [5.74, 6) is -0.405. The van der Waals surface area contributed by atoms with E-state index in [4.69, 9.17) is 15.2 Å². The molecule has 4 heteroatoms. The molecular weight excluding hydrogens is 182 g/mol. The van der Waals surface area contributed by atoms with Gasteiger partial charge in [0.25, 0.3) is 0 Å². The first-order chi connectivity index (χ1) is 6.70. The van der Waals surface area contributed by atoms with Gasteiger partial charge in [-0.2, -0.15) is 0 Å². The molecule has 0 radical (unpaired) electrons. The Kier molecular flexibility index (Phi) is 4.62. The highest BCUT2D eigenvalue weighted by atomic mass is 16.6. The molecule has 4 nitrogen and oxygen atoms in total. The minimum atomic E-state index is -0.405. The van der Waals surface area contributed by atoms with Crippen molar-refractivity contribution in [2.24, 2.45) is 5.73 Å². The van der Waals surface area contributed by atoms with Crippen LogP contribution >= 0.6 is 0 Å². The van der Waals surface area contributed by atoms with Gasteiger partial charge < -0.3 is 15.2 Å². The summed E-state index contributed by atoms with van der Waals surface area (Å²) in [5.41, 5.74) is 5.53. The first-order valence-corrected chi connectivity index (χ1v) is 4.87. The van der Waals surface area contributed by atoms with Crippen molar-refractivity contribution in [3.8, 4) is 0 Å². The summed E-state index contributed by atoms with van der Waals surface area (Å²) in [6.45, 7) is 5.81. The average Bonchev–Trinajstić information content (AvgIpc) is 2.94. The van der Waals surface area contributed by atoms with Gasteiger partial charge in [-0.05, 0) is 19.3 Å². The summed E-state index contributed by atoms with van der Waals surface area (Å²) in [4.78, 5) is 10.6. The quantitative estimate of drug-likeness (QED) is 0.354. The van der Waals surface area contributed by atoms with Gasteiger partial charge >= 0.3 is 0 Å². The largest absolute Gasteiger partial charge is 0.379 e. The van der Waals surface area contributed by atoms with Crippen LogP contribution in [0, 0.1) is 0 Å². The van der Waals surface area contributed by atoms with E-state index in [0.29, 0.717) is 31.3 Å². The molecule has 0 bridgehead atoms. The number of carbonyl (C=O) groups is 1. The molecule has 0 aliphatic carbocycles. The maximum atomic E-state index is 10.6. The van der Waals surface area contributed by atoms with E-state index >= 15 is 0 Å². The zero-order valence-electron chi connectivity index (χ0n) is 8.33. The van der Waals surface area contributed by atoms with Gasteiger partial charge in [0.2, 0.25) is 5.91 Å². The van der Waals surface area contributed by atoms with Crippen LogP contribution < -0.4 is 5.73 Å². The monoisotopic (exact) mass is 199 g/mol. The third kappa shape index (κ3) is 4.99. The Balaban J connectivity index is 1.83. The summed E-state index contributed by atoms with van der Waals surface area (Å²) >= 11 is 0. The normalized spacial score (nSPS) is 19.3. The lowest BCUT2D eigenvalue weighted by Gasteiger charge is -2.02. The smallest absolute Gasteiger partial charge is 0.244 e. The Bertz CT molecular complexity index is 211. The number of rotatable bonds is 8. The molecule has 0 aromatic rings. The average molecular weight is 199 g/mol. The lowest BCUT2D eigenvalue weighted by Crippen LogP contribution is -2.13. The molecule has 1 unspecified atom stereocenters. The summed E-state index contributed by atoms with van der Waals surface area (Å²) in [6, 6.07) is 0. The van der Waals surface area contributed by atoms with E-state index in [2.05, 4.69) is 6.58 Å². The van der Waals surface area contributed by atoms with Crippen LogP contribution in [0.4, 0.5) is 0 Å². The van der Waals surface area contributed by atoms with Gasteiger partial charge in [-0.3, -0.25) is 4.79 Å². The zero-order chi connectivity index (χ0) is 10.4. The predicted octanol–water partition coefficient (Wildman–Crippen LogP) is 0.614. The van der Waals surface area contributed by atoms with Crippen molar-refractivity contribution in [3.63, 3.8) is 0 Å². The van der Waals surface area contributed by atoms with Crippen LogP contribution in [0.25, 0.3) is 0 Å². The van der Waals surface area contributed by atoms with Crippen LogP contribution in [0.1, 0.15) is 19.3 Å². The molecule has 0 aromatic carbocycles. The molecule has 80 valence electrons. The van der Waals surface area contributed by atoms with Crippen LogP contribution in [0.2, 0.25) is 0 Å². The van der Waals surface area contributed by atoms with E-state index in [1.807, 2.05) is 0 Å². The molecule has 0 aromatic heterocycles. The zero-order valence-corrected chi connectivity index (χ0v) is 8.33. The highest BCUT2D eigenvalue weighted by Gasteiger charge is 2.21. The second kappa shape index (κ2) is 5.78. The summed E-state index contributed by atoms with van der Waals surface area (Å²) in [5, 5.41) is 0. The maximum Gasteiger partial charge on any atom is 0.244 e. The molecule has 0 saturated carbocycles. The molecule has 1 rings (SSSR count). The fourth-order valence-electron chi connectivity index (χ4n) is 1.04. The van der Waals surface area contributed by atoms with Gasteiger partial charge in [0.15, 0.2) is 0 Å². The van der Waals surface area contributed by atoms with Crippen molar-refractivity contribution >= 4 is 5.91 Å². The number of ether oxygens (including phenoxy) is 2. The van der Waals surface area contributed by atoms with E-state index < -0.39 is 5.91 Å². The molecule has 1 aliphatic heterocycles. The van der Waals surface area contributed by atoms with Crippen molar-refractivity contribution < 1.29 is 14.3 Å². The molecule has 1 saturated heterocycles. The van der Waals surface area contributed by atoms with Gasteiger partial charge in [-0.1, -0.05) is 6.58 Å². The Morgan fingerprint density at radius 3 is 2.86 bits per heavy atom. The molecule has 1 amide bonds. The molecule has 1 heterocycles. The lowest BCUT2D eigenvalue weighted by atomic mass is 10.1. The fraction of sp³-hybridized carbons (Fsp3) is 0.700. The minimum absolute atomic E-state index is 0.329. The van der Waals surface area contributed by atoms with Crippen molar-refractivity contribution in [2.45, 2.75) is 25.4 Å². The van der Waals surface area contributed by atoms with Crippen molar-refractivity contribution in [1.29, 1.82) is 0 Å². The van der Waals surface area contributed by atoms with Crippen molar-refractivity contribution in [1.82, 2.24) is 0 Å². The maximum absolute atomic E-state index is 10.6.